The molecule has 0 heterocycles. The standard InChI is InChI=1S/C13H19IO2/c1-2-16-9-3-4-13(15)10-11-5-7-12(14)8-6-11/h5-8,13,15H,2-4,9-10H2,1H3. The van der Waals surface area contributed by atoms with Crippen molar-refractivity contribution in [3.8, 4) is 0 Å². The number of hydrogen-bond donors (Lipinski definition) is 1. The fourth-order valence-electron chi connectivity index (χ4n) is 1.56. The third-order valence-electron chi connectivity index (χ3n) is 2.41. The number of aliphatic hydroxyl groups is 1. The number of aliphatic hydroxyl groups excluding tert-OH is 1. The van der Waals surface area contributed by atoms with Crippen LogP contribution in [0.4, 0.5) is 0 Å². The fraction of sp³-hybridized carbons (Fsp3) is 0.538. The van der Waals surface area contributed by atoms with Crippen molar-refractivity contribution in [2.45, 2.75) is 32.3 Å². The zero-order valence-corrected chi connectivity index (χ0v) is 11.8. The summed E-state index contributed by atoms with van der Waals surface area (Å²) in [6, 6.07) is 8.30. The highest BCUT2D eigenvalue weighted by Gasteiger charge is 2.05. The highest BCUT2D eigenvalue weighted by Crippen LogP contribution is 2.10. The van der Waals surface area contributed by atoms with E-state index < -0.39 is 0 Å². The zero-order chi connectivity index (χ0) is 11.8. The average Bonchev–Trinajstić information content (AvgIpc) is 2.28. The highest BCUT2D eigenvalue weighted by atomic mass is 127. The molecule has 1 aromatic carbocycles. The lowest BCUT2D eigenvalue weighted by molar-refractivity contribution is 0.114. The first-order valence-corrected chi connectivity index (χ1v) is 6.80. The maximum Gasteiger partial charge on any atom is 0.0581 e. The molecule has 0 aromatic heterocycles. The van der Waals surface area contributed by atoms with Crippen LogP contribution < -0.4 is 0 Å². The first kappa shape index (κ1) is 13.9. The third kappa shape index (κ3) is 5.82. The van der Waals surface area contributed by atoms with Crippen molar-refractivity contribution in [1.29, 1.82) is 0 Å². The molecule has 16 heavy (non-hydrogen) atoms. The molecule has 0 aliphatic rings. The van der Waals surface area contributed by atoms with Crippen LogP contribution in [0.2, 0.25) is 0 Å². The van der Waals surface area contributed by atoms with E-state index in [9.17, 15) is 5.11 Å². The lowest BCUT2D eigenvalue weighted by Crippen LogP contribution is -2.11. The largest absolute Gasteiger partial charge is 0.393 e. The summed E-state index contributed by atoms with van der Waals surface area (Å²) >= 11 is 2.28. The molecule has 1 rings (SSSR count). The molecule has 0 amide bonds. The minimum Gasteiger partial charge on any atom is -0.393 e. The summed E-state index contributed by atoms with van der Waals surface area (Å²) < 4.78 is 6.47. The molecular formula is C13H19IO2. The average molecular weight is 334 g/mol. The molecule has 2 nitrogen and oxygen atoms in total. The Labute approximate surface area is 111 Å². The Hall–Kier alpha value is -0.130. The molecule has 1 aromatic rings. The zero-order valence-electron chi connectivity index (χ0n) is 9.66. The first-order valence-electron chi connectivity index (χ1n) is 5.72. The number of halogens is 1. The normalized spacial score (nSPS) is 12.7. The van der Waals surface area contributed by atoms with Gasteiger partial charge in [-0.15, -0.1) is 0 Å². The number of hydrogen-bond acceptors (Lipinski definition) is 2. The quantitative estimate of drug-likeness (QED) is 0.614. The van der Waals surface area contributed by atoms with Gasteiger partial charge in [-0.1, -0.05) is 12.1 Å². The Kier molecular flexibility index (Phi) is 7.00. The predicted molar refractivity (Wildman–Crippen MR) is 74.6 cm³/mol. The van der Waals surface area contributed by atoms with Gasteiger partial charge in [-0.05, 0) is 66.5 Å². The summed E-state index contributed by atoms with van der Waals surface area (Å²) in [5.41, 5.74) is 1.20. The van der Waals surface area contributed by atoms with Crippen molar-refractivity contribution in [3.63, 3.8) is 0 Å². The van der Waals surface area contributed by atoms with Gasteiger partial charge in [-0.2, -0.15) is 0 Å². The SMILES string of the molecule is CCOCCCC(O)Cc1ccc(I)cc1. The second-order valence-corrected chi connectivity index (χ2v) is 5.07. The monoisotopic (exact) mass is 334 g/mol. The van der Waals surface area contributed by atoms with Crippen molar-refractivity contribution in [2.24, 2.45) is 0 Å². The van der Waals surface area contributed by atoms with E-state index in [4.69, 9.17) is 4.74 Å². The van der Waals surface area contributed by atoms with E-state index in [2.05, 4.69) is 46.9 Å². The van der Waals surface area contributed by atoms with Crippen molar-refractivity contribution in [1.82, 2.24) is 0 Å². The van der Waals surface area contributed by atoms with Crippen LogP contribution in [0.3, 0.4) is 0 Å². The minimum atomic E-state index is -0.250. The summed E-state index contributed by atoms with van der Waals surface area (Å²) in [5, 5.41) is 9.81. The molecule has 1 atom stereocenters. The van der Waals surface area contributed by atoms with Crippen molar-refractivity contribution in [2.75, 3.05) is 13.2 Å². The third-order valence-corrected chi connectivity index (χ3v) is 3.13. The van der Waals surface area contributed by atoms with Gasteiger partial charge in [-0.3, -0.25) is 0 Å². The van der Waals surface area contributed by atoms with Crippen LogP contribution in [-0.4, -0.2) is 24.4 Å². The smallest absolute Gasteiger partial charge is 0.0581 e. The Morgan fingerprint density at radius 1 is 1.31 bits per heavy atom. The summed E-state index contributed by atoms with van der Waals surface area (Å²) in [5.74, 6) is 0. The fourth-order valence-corrected chi connectivity index (χ4v) is 1.92. The van der Waals surface area contributed by atoms with Crippen LogP contribution in [0.25, 0.3) is 0 Å². The van der Waals surface area contributed by atoms with E-state index >= 15 is 0 Å². The van der Waals surface area contributed by atoms with Crippen LogP contribution >= 0.6 is 22.6 Å². The van der Waals surface area contributed by atoms with E-state index in [0.29, 0.717) is 0 Å². The first-order chi connectivity index (χ1) is 7.72. The Morgan fingerprint density at radius 2 is 2.00 bits per heavy atom. The van der Waals surface area contributed by atoms with Crippen molar-refractivity contribution < 1.29 is 9.84 Å². The van der Waals surface area contributed by atoms with Gasteiger partial charge in [0.15, 0.2) is 0 Å². The lowest BCUT2D eigenvalue weighted by Gasteiger charge is -2.10. The van der Waals surface area contributed by atoms with Gasteiger partial charge in [0.05, 0.1) is 6.10 Å². The van der Waals surface area contributed by atoms with Gasteiger partial charge in [0.2, 0.25) is 0 Å². The molecule has 1 unspecified atom stereocenters. The molecule has 3 heteroatoms. The minimum absolute atomic E-state index is 0.250. The molecule has 0 aliphatic carbocycles. The summed E-state index contributed by atoms with van der Waals surface area (Å²) in [7, 11) is 0. The number of ether oxygens (including phenoxy) is 1. The Balaban J connectivity index is 2.23. The van der Waals surface area contributed by atoms with Gasteiger partial charge in [0.25, 0.3) is 0 Å². The second kappa shape index (κ2) is 8.03. The summed E-state index contributed by atoms with van der Waals surface area (Å²) in [4.78, 5) is 0. The topological polar surface area (TPSA) is 29.5 Å². The van der Waals surface area contributed by atoms with Gasteiger partial charge in [0, 0.05) is 16.8 Å². The molecule has 90 valence electrons. The van der Waals surface area contributed by atoms with Gasteiger partial charge in [-0.25, -0.2) is 0 Å². The van der Waals surface area contributed by atoms with E-state index in [-0.39, 0.29) is 6.10 Å². The van der Waals surface area contributed by atoms with Gasteiger partial charge in [0.1, 0.15) is 0 Å². The summed E-state index contributed by atoms with van der Waals surface area (Å²) in [6.45, 7) is 3.50. The number of rotatable bonds is 7. The molecule has 0 bridgehead atoms. The molecule has 1 N–H and O–H groups in total. The van der Waals surface area contributed by atoms with Crippen LogP contribution in [-0.2, 0) is 11.2 Å². The van der Waals surface area contributed by atoms with Crippen LogP contribution in [0.15, 0.2) is 24.3 Å². The van der Waals surface area contributed by atoms with Crippen molar-refractivity contribution >= 4 is 22.6 Å². The molecule has 0 radical (unpaired) electrons. The van der Waals surface area contributed by atoms with E-state index in [1.165, 1.54) is 9.13 Å². The molecule has 0 saturated heterocycles. The predicted octanol–water partition coefficient (Wildman–Crippen LogP) is 3.01. The van der Waals surface area contributed by atoms with E-state index in [1.807, 2.05) is 6.92 Å². The highest BCUT2D eigenvalue weighted by molar-refractivity contribution is 14.1. The molecular weight excluding hydrogens is 315 g/mol. The van der Waals surface area contributed by atoms with Crippen molar-refractivity contribution in [3.05, 3.63) is 33.4 Å². The van der Waals surface area contributed by atoms with E-state index in [0.717, 1.165) is 32.5 Å². The van der Waals surface area contributed by atoms with Gasteiger partial charge < -0.3 is 9.84 Å². The molecule has 0 saturated carbocycles. The maximum atomic E-state index is 9.81. The lowest BCUT2D eigenvalue weighted by atomic mass is 10.0. The Morgan fingerprint density at radius 3 is 2.62 bits per heavy atom. The van der Waals surface area contributed by atoms with Crippen LogP contribution in [0, 0.1) is 3.57 Å². The molecule has 0 spiro atoms. The van der Waals surface area contributed by atoms with Crippen LogP contribution in [0.1, 0.15) is 25.3 Å². The molecule has 0 aliphatic heterocycles. The maximum absolute atomic E-state index is 9.81. The number of benzene rings is 1. The van der Waals surface area contributed by atoms with Gasteiger partial charge >= 0.3 is 0 Å². The summed E-state index contributed by atoms with van der Waals surface area (Å²) in [6.07, 6.45) is 2.23. The second-order valence-electron chi connectivity index (χ2n) is 3.82. The Bertz CT molecular complexity index is 284. The molecule has 0 fully saturated rings. The van der Waals surface area contributed by atoms with Crippen LogP contribution in [0.5, 0.6) is 0 Å². The van der Waals surface area contributed by atoms with E-state index in [1.54, 1.807) is 0 Å².